The molecule has 1 fully saturated rings. The van der Waals surface area contributed by atoms with E-state index in [9.17, 15) is 0 Å². The predicted octanol–water partition coefficient (Wildman–Crippen LogP) is 3.03. The molecule has 1 aromatic rings. The fourth-order valence-corrected chi connectivity index (χ4v) is 1.99. The van der Waals surface area contributed by atoms with E-state index in [1.165, 1.54) is 37.8 Å². The second-order valence-corrected chi connectivity index (χ2v) is 4.08. The van der Waals surface area contributed by atoms with Gasteiger partial charge in [0.2, 0.25) is 0 Å². The van der Waals surface area contributed by atoms with Gasteiger partial charge in [0.1, 0.15) is 0 Å². The largest absolute Gasteiger partial charge is 0.294 e. The summed E-state index contributed by atoms with van der Waals surface area (Å²) in [6.07, 6.45) is 9.34. The standard InChI is InChI=1S/C13H18N2/c1-2-6-12(7-3-1)15-11-9-13-8-4-5-10-14-13/h4-5,8,10H,1-3,6-7,9,11H2. The van der Waals surface area contributed by atoms with Crippen LogP contribution in [0.4, 0.5) is 0 Å². The minimum absolute atomic E-state index is 0.909. The van der Waals surface area contributed by atoms with Gasteiger partial charge in [-0.2, -0.15) is 0 Å². The zero-order valence-electron chi connectivity index (χ0n) is 9.15. The molecular weight excluding hydrogens is 184 g/mol. The Bertz CT molecular complexity index is 309. The van der Waals surface area contributed by atoms with Crippen molar-refractivity contribution in [3.05, 3.63) is 30.1 Å². The molecule has 0 saturated heterocycles. The molecule has 1 saturated carbocycles. The van der Waals surface area contributed by atoms with Gasteiger partial charge in [0.25, 0.3) is 0 Å². The molecule has 0 aliphatic heterocycles. The molecule has 0 atom stereocenters. The summed E-state index contributed by atoms with van der Waals surface area (Å²) in [5, 5.41) is 0. The summed E-state index contributed by atoms with van der Waals surface area (Å²) < 4.78 is 0. The second-order valence-electron chi connectivity index (χ2n) is 4.08. The number of aromatic nitrogens is 1. The molecule has 2 rings (SSSR count). The number of hydrogen-bond donors (Lipinski definition) is 0. The van der Waals surface area contributed by atoms with Crippen LogP contribution in [0, 0.1) is 0 Å². The van der Waals surface area contributed by atoms with E-state index in [1.54, 1.807) is 0 Å². The Morgan fingerprint density at radius 3 is 2.73 bits per heavy atom. The van der Waals surface area contributed by atoms with Crippen LogP contribution in [0.1, 0.15) is 37.8 Å². The average Bonchev–Trinajstić information content (AvgIpc) is 2.32. The number of aliphatic imine (C=N–C) groups is 1. The van der Waals surface area contributed by atoms with Crippen LogP contribution >= 0.6 is 0 Å². The van der Waals surface area contributed by atoms with Gasteiger partial charge in [-0.1, -0.05) is 12.5 Å². The molecule has 2 nitrogen and oxygen atoms in total. The molecule has 1 aliphatic rings. The Hall–Kier alpha value is -1.18. The van der Waals surface area contributed by atoms with Crippen LogP contribution < -0.4 is 0 Å². The summed E-state index contributed by atoms with van der Waals surface area (Å²) in [4.78, 5) is 8.95. The molecule has 0 unspecified atom stereocenters. The Balaban J connectivity index is 1.78. The molecule has 0 spiro atoms. The summed E-state index contributed by atoms with van der Waals surface area (Å²) in [5.41, 5.74) is 2.58. The fraction of sp³-hybridized carbons (Fsp3) is 0.538. The van der Waals surface area contributed by atoms with Gasteiger partial charge in [-0.25, -0.2) is 0 Å². The first-order valence-electron chi connectivity index (χ1n) is 5.87. The van der Waals surface area contributed by atoms with Crippen molar-refractivity contribution in [3.8, 4) is 0 Å². The maximum absolute atomic E-state index is 4.66. The van der Waals surface area contributed by atoms with E-state index in [4.69, 9.17) is 0 Å². The molecule has 0 aromatic carbocycles. The van der Waals surface area contributed by atoms with Gasteiger partial charge in [-0.15, -0.1) is 0 Å². The maximum atomic E-state index is 4.66. The third-order valence-electron chi connectivity index (χ3n) is 2.86. The third kappa shape index (κ3) is 3.46. The van der Waals surface area contributed by atoms with Crippen molar-refractivity contribution in [1.29, 1.82) is 0 Å². The lowest BCUT2D eigenvalue weighted by Gasteiger charge is -2.11. The van der Waals surface area contributed by atoms with Gasteiger partial charge >= 0.3 is 0 Å². The summed E-state index contributed by atoms with van der Waals surface area (Å²) >= 11 is 0. The van der Waals surface area contributed by atoms with Crippen LogP contribution in [-0.4, -0.2) is 17.2 Å². The maximum Gasteiger partial charge on any atom is 0.0444 e. The van der Waals surface area contributed by atoms with Gasteiger partial charge in [0.05, 0.1) is 0 Å². The lowest BCUT2D eigenvalue weighted by atomic mass is 9.98. The van der Waals surface area contributed by atoms with Crippen molar-refractivity contribution in [3.63, 3.8) is 0 Å². The molecule has 1 aromatic heterocycles. The minimum Gasteiger partial charge on any atom is -0.294 e. The van der Waals surface area contributed by atoms with Gasteiger partial charge < -0.3 is 0 Å². The van der Waals surface area contributed by atoms with Gasteiger partial charge in [0, 0.05) is 30.6 Å². The van der Waals surface area contributed by atoms with Gasteiger partial charge in [-0.3, -0.25) is 9.98 Å². The highest BCUT2D eigenvalue weighted by atomic mass is 14.7. The van der Waals surface area contributed by atoms with E-state index < -0.39 is 0 Å². The minimum atomic E-state index is 0.909. The molecule has 1 aliphatic carbocycles. The highest BCUT2D eigenvalue weighted by Gasteiger charge is 2.05. The molecule has 2 heteroatoms. The average molecular weight is 202 g/mol. The van der Waals surface area contributed by atoms with E-state index in [0.717, 1.165) is 18.7 Å². The van der Waals surface area contributed by atoms with Gasteiger partial charge in [0.15, 0.2) is 0 Å². The number of pyridine rings is 1. The number of hydrogen-bond acceptors (Lipinski definition) is 2. The van der Waals surface area contributed by atoms with Crippen LogP contribution in [0.25, 0.3) is 0 Å². The summed E-state index contributed by atoms with van der Waals surface area (Å²) in [6.45, 7) is 0.909. The highest BCUT2D eigenvalue weighted by molar-refractivity contribution is 5.84. The lowest BCUT2D eigenvalue weighted by molar-refractivity contribution is 0.662. The zero-order chi connectivity index (χ0) is 10.3. The van der Waals surface area contributed by atoms with E-state index in [2.05, 4.69) is 16.0 Å². The highest BCUT2D eigenvalue weighted by Crippen LogP contribution is 2.14. The molecule has 15 heavy (non-hydrogen) atoms. The Morgan fingerprint density at radius 2 is 2.00 bits per heavy atom. The topological polar surface area (TPSA) is 25.2 Å². The van der Waals surface area contributed by atoms with E-state index >= 15 is 0 Å². The first-order chi connectivity index (χ1) is 7.45. The van der Waals surface area contributed by atoms with Crippen LogP contribution in [0.2, 0.25) is 0 Å². The molecular formula is C13H18N2. The fourth-order valence-electron chi connectivity index (χ4n) is 1.99. The van der Waals surface area contributed by atoms with Crippen LogP contribution in [0.3, 0.4) is 0 Å². The Kier molecular flexibility index (Phi) is 3.89. The summed E-state index contributed by atoms with van der Waals surface area (Å²) in [7, 11) is 0. The van der Waals surface area contributed by atoms with Crippen LogP contribution in [0.15, 0.2) is 29.4 Å². The molecule has 0 bridgehead atoms. The van der Waals surface area contributed by atoms with Crippen molar-refractivity contribution in [2.24, 2.45) is 4.99 Å². The molecule has 0 amide bonds. The van der Waals surface area contributed by atoms with Crippen LogP contribution in [-0.2, 0) is 6.42 Å². The van der Waals surface area contributed by atoms with E-state index in [0.29, 0.717) is 0 Å². The smallest absolute Gasteiger partial charge is 0.0444 e. The third-order valence-corrected chi connectivity index (χ3v) is 2.86. The van der Waals surface area contributed by atoms with Crippen molar-refractivity contribution in [2.45, 2.75) is 38.5 Å². The van der Waals surface area contributed by atoms with Crippen molar-refractivity contribution in [1.82, 2.24) is 4.98 Å². The first-order valence-corrected chi connectivity index (χ1v) is 5.87. The first kappa shape index (κ1) is 10.3. The monoisotopic (exact) mass is 202 g/mol. The molecule has 1 heterocycles. The van der Waals surface area contributed by atoms with Crippen molar-refractivity contribution >= 4 is 5.71 Å². The number of rotatable bonds is 3. The SMILES string of the molecule is c1ccc(CCN=C2CCCCC2)nc1. The number of nitrogens with zero attached hydrogens (tertiary/aromatic N) is 2. The van der Waals surface area contributed by atoms with E-state index in [1.807, 2.05) is 18.3 Å². The molecule has 80 valence electrons. The van der Waals surface area contributed by atoms with E-state index in [-0.39, 0.29) is 0 Å². The summed E-state index contributed by atoms with van der Waals surface area (Å²) in [6, 6.07) is 6.06. The normalized spacial score (nSPS) is 16.4. The Labute approximate surface area is 91.5 Å². The Morgan fingerprint density at radius 1 is 1.13 bits per heavy atom. The van der Waals surface area contributed by atoms with Crippen LogP contribution in [0.5, 0.6) is 0 Å². The lowest BCUT2D eigenvalue weighted by Crippen LogP contribution is -2.06. The zero-order valence-corrected chi connectivity index (χ0v) is 9.15. The predicted molar refractivity (Wildman–Crippen MR) is 63.3 cm³/mol. The van der Waals surface area contributed by atoms with Crippen molar-refractivity contribution < 1.29 is 0 Å². The van der Waals surface area contributed by atoms with Gasteiger partial charge in [-0.05, 0) is 37.8 Å². The molecule has 0 N–H and O–H groups in total. The van der Waals surface area contributed by atoms with Crippen molar-refractivity contribution in [2.75, 3.05) is 6.54 Å². The summed E-state index contributed by atoms with van der Waals surface area (Å²) in [5.74, 6) is 0. The quantitative estimate of drug-likeness (QED) is 0.739. The molecule has 0 radical (unpaired) electrons. The second kappa shape index (κ2) is 5.64.